The highest BCUT2D eigenvalue weighted by molar-refractivity contribution is 5.96. The van der Waals surface area contributed by atoms with Crippen LogP contribution in [0.1, 0.15) is 23.7 Å². The lowest BCUT2D eigenvalue weighted by Gasteiger charge is -2.06. The number of hydrogen-bond donors (Lipinski definition) is 2. The van der Waals surface area contributed by atoms with Crippen molar-refractivity contribution in [1.29, 1.82) is 0 Å². The molecule has 5 heteroatoms. The van der Waals surface area contributed by atoms with E-state index in [2.05, 4.69) is 5.32 Å². The summed E-state index contributed by atoms with van der Waals surface area (Å²) in [6, 6.07) is 6.57. The fraction of sp³-hybridized carbons (Fsp3) is 0.333. The molecule has 5 nitrogen and oxygen atoms in total. The monoisotopic (exact) mass is 236 g/mol. The van der Waals surface area contributed by atoms with E-state index in [1.807, 2.05) is 6.92 Å². The van der Waals surface area contributed by atoms with Crippen LogP contribution in [0.2, 0.25) is 0 Å². The van der Waals surface area contributed by atoms with E-state index in [4.69, 9.17) is 10.5 Å². The first-order valence-corrected chi connectivity index (χ1v) is 5.43. The normalized spacial score (nSPS) is 9.71. The summed E-state index contributed by atoms with van der Waals surface area (Å²) in [6.45, 7) is 2.23. The van der Waals surface area contributed by atoms with Gasteiger partial charge in [-0.25, -0.2) is 4.79 Å². The molecule has 3 N–H and O–H groups in total. The zero-order chi connectivity index (χ0) is 12.7. The Bertz CT molecular complexity index is 404. The van der Waals surface area contributed by atoms with Crippen molar-refractivity contribution in [2.75, 3.05) is 18.9 Å². The maximum atomic E-state index is 11.6. The van der Waals surface area contributed by atoms with Crippen LogP contribution in [-0.4, -0.2) is 25.0 Å². The van der Waals surface area contributed by atoms with Crippen LogP contribution in [0.3, 0.4) is 0 Å². The van der Waals surface area contributed by atoms with Gasteiger partial charge in [0.05, 0.1) is 5.56 Å². The minimum atomic E-state index is -0.588. The molecule has 0 spiro atoms. The summed E-state index contributed by atoms with van der Waals surface area (Å²) in [5, 5.41) is 2.61. The quantitative estimate of drug-likeness (QED) is 0.589. The van der Waals surface area contributed by atoms with Crippen molar-refractivity contribution in [1.82, 2.24) is 5.32 Å². The van der Waals surface area contributed by atoms with Crippen LogP contribution in [0, 0.1) is 0 Å². The smallest absolute Gasteiger partial charge is 0.340 e. The van der Waals surface area contributed by atoms with Gasteiger partial charge in [-0.1, -0.05) is 19.1 Å². The molecule has 17 heavy (non-hydrogen) atoms. The van der Waals surface area contributed by atoms with Gasteiger partial charge in [0.1, 0.15) is 0 Å². The second kappa shape index (κ2) is 6.52. The number of carbonyl (C=O) groups excluding carboxylic acids is 2. The van der Waals surface area contributed by atoms with Crippen molar-refractivity contribution in [2.45, 2.75) is 13.3 Å². The first-order valence-electron chi connectivity index (χ1n) is 5.43. The number of amides is 1. The summed E-state index contributed by atoms with van der Waals surface area (Å²) in [5.41, 5.74) is 6.22. The Kier molecular flexibility index (Phi) is 5.00. The van der Waals surface area contributed by atoms with E-state index in [9.17, 15) is 9.59 Å². The van der Waals surface area contributed by atoms with E-state index in [1.54, 1.807) is 24.3 Å². The Morgan fingerprint density at radius 3 is 2.71 bits per heavy atom. The fourth-order valence-electron chi connectivity index (χ4n) is 1.21. The first-order chi connectivity index (χ1) is 8.15. The zero-order valence-electron chi connectivity index (χ0n) is 9.73. The van der Waals surface area contributed by atoms with Gasteiger partial charge in [-0.05, 0) is 18.6 Å². The van der Waals surface area contributed by atoms with Crippen molar-refractivity contribution < 1.29 is 14.3 Å². The summed E-state index contributed by atoms with van der Waals surface area (Å²) in [5.74, 6) is -0.899. The maximum absolute atomic E-state index is 11.6. The van der Waals surface area contributed by atoms with E-state index < -0.39 is 5.97 Å². The second-order valence-electron chi connectivity index (χ2n) is 3.51. The number of benzene rings is 1. The van der Waals surface area contributed by atoms with Crippen molar-refractivity contribution in [3.8, 4) is 0 Å². The molecule has 1 amide bonds. The van der Waals surface area contributed by atoms with E-state index in [1.165, 1.54) is 0 Å². The highest BCUT2D eigenvalue weighted by Crippen LogP contribution is 2.11. The Balaban J connectivity index is 2.45. The number of hydrogen-bond acceptors (Lipinski definition) is 4. The lowest BCUT2D eigenvalue weighted by molar-refractivity contribution is -0.124. The summed E-state index contributed by atoms with van der Waals surface area (Å²) in [7, 11) is 0. The van der Waals surface area contributed by atoms with Gasteiger partial charge >= 0.3 is 5.97 Å². The van der Waals surface area contributed by atoms with Crippen LogP contribution in [-0.2, 0) is 9.53 Å². The molecule has 0 aliphatic heterocycles. The van der Waals surface area contributed by atoms with Crippen LogP contribution in [0.4, 0.5) is 5.69 Å². The third-order valence-corrected chi connectivity index (χ3v) is 2.09. The molecule has 0 saturated heterocycles. The van der Waals surface area contributed by atoms with Crippen molar-refractivity contribution in [2.24, 2.45) is 0 Å². The number of nitrogens with two attached hydrogens (primary N) is 1. The first kappa shape index (κ1) is 13.0. The number of rotatable bonds is 5. The number of esters is 1. The molecule has 0 atom stereocenters. The molecule has 1 aromatic carbocycles. The van der Waals surface area contributed by atoms with Crippen LogP contribution < -0.4 is 11.1 Å². The lowest BCUT2D eigenvalue weighted by atomic mass is 10.2. The van der Waals surface area contributed by atoms with Crippen molar-refractivity contribution in [3.63, 3.8) is 0 Å². The molecule has 0 fully saturated rings. The maximum Gasteiger partial charge on any atom is 0.340 e. The Hall–Kier alpha value is -2.04. The Labute approximate surface area is 99.9 Å². The largest absolute Gasteiger partial charge is 0.452 e. The molecule has 0 bridgehead atoms. The summed E-state index contributed by atoms with van der Waals surface area (Å²) >= 11 is 0. The number of nitrogen functional groups attached to an aromatic ring is 1. The zero-order valence-corrected chi connectivity index (χ0v) is 9.73. The molecular weight excluding hydrogens is 220 g/mol. The highest BCUT2D eigenvalue weighted by Gasteiger charge is 2.11. The van der Waals surface area contributed by atoms with Crippen LogP contribution in [0.5, 0.6) is 0 Å². The number of anilines is 1. The third kappa shape index (κ3) is 4.14. The average molecular weight is 236 g/mol. The number of ether oxygens (including phenoxy) is 1. The molecule has 0 aliphatic rings. The molecule has 0 heterocycles. The highest BCUT2D eigenvalue weighted by atomic mass is 16.5. The van der Waals surface area contributed by atoms with Gasteiger partial charge in [0.2, 0.25) is 0 Å². The number of para-hydroxylation sites is 1. The van der Waals surface area contributed by atoms with Crippen molar-refractivity contribution in [3.05, 3.63) is 29.8 Å². The van der Waals surface area contributed by atoms with E-state index in [-0.39, 0.29) is 18.1 Å². The number of carbonyl (C=O) groups is 2. The standard InChI is InChI=1S/C12H16N2O3/c1-2-7-14-11(15)8-17-12(16)9-5-3-4-6-10(9)13/h3-6H,2,7-8,13H2,1H3,(H,14,15). The minimum absolute atomic E-state index is 0.274. The van der Waals surface area contributed by atoms with Gasteiger partial charge in [0.15, 0.2) is 6.61 Å². The van der Waals surface area contributed by atoms with Gasteiger partial charge in [-0.2, -0.15) is 0 Å². The summed E-state index contributed by atoms with van der Waals surface area (Å²) in [4.78, 5) is 22.8. The SMILES string of the molecule is CCCNC(=O)COC(=O)c1ccccc1N. The summed E-state index contributed by atoms with van der Waals surface area (Å²) < 4.78 is 4.84. The second-order valence-corrected chi connectivity index (χ2v) is 3.51. The molecule has 0 radical (unpaired) electrons. The van der Waals surface area contributed by atoms with Gasteiger partial charge in [-0.15, -0.1) is 0 Å². The molecule has 0 unspecified atom stereocenters. The molecule has 0 saturated carbocycles. The lowest BCUT2D eigenvalue weighted by Crippen LogP contribution is -2.29. The van der Waals surface area contributed by atoms with E-state index in [0.29, 0.717) is 12.2 Å². The molecule has 0 aromatic heterocycles. The predicted octanol–water partition coefficient (Wildman–Crippen LogP) is 0.952. The molecule has 0 aliphatic carbocycles. The molecule has 92 valence electrons. The Morgan fingerprint density at radius 2 is 2.06 bits per heavy atom. The van der Waals surface area contributed by atoms with Gasteiger partial charge in [0.25, 0.3) is 5.91 Å². The van der Waals surface area contributed by atoms with E-state index in [0.717, 1.165) is 6.42 Å². The Morgan fingerprint density at radius 1 is 1.35 bits per heavy atom. The molecule has 1 aromatic rings. The number of nitrogens with one attached hydrogen (secondary N) is 1. The van der Waals surface area contributed by atoms with Gasteiger partial charge < -0.3 is 15.8 Å². The summed E-state index contributed by atoms with van der Waals surface area (Å²) in [6.07, 6.45) is 0.839. The molecule has 1 rings (SSSR count). The topological polar surface area (TPSA) is 81.4 Å². The van der Waals surface area contributed by atoms with Gasteiger partial charge in [0, 0.05) is 12.2 Å². The van der Waals surface area contributed by atoms with E-state index >= 15 is 0 Å². The van der Waals surface area contributed by atoms with Crippen LogP contribution in [0.25, 0.3) is 0 Å². The third-order valence-electron chi connectivity index (χ3n) is 2.09. The average Bonchev–Trinajstić information content (AvgIpc) is 2.34. The minimum Gasteiger partial charge on any atom is -0.452 e. The fourth-order valence-corrected chi connectivity index (χ4v) is 1.21. The molecular formula is C12H16N2O3. The van der Waals surface area contributed by atoms with Crippen molar-refractivity contribution >= 4 is 17.6 Å². The van der Waals surface area contributed by atoms with Gasteiger partial charge in [-0.3, -0.25) is 4.79 Å². The van der Waals surface area contributed by atoms with Crippen LogP contribution >= 0.6 is 0 Å². The van der Waals surface area contributed by atoms with Crippen LogP contribution in [0.15, 0.2) is 24.3 Å². The predicted molar refractivity (Wildman–Crippen MR) is 64.4 cm³/mol.